The van der Waals surface area contributed by atoms with Crippen molar-refractivity contribution >= 4 is 23.4 Å². The van der Waals surface area contributed by atoms with E-state index >= 15 is 0 Å². The van der Waals surface area contributed by atoms with Crippen molar-refractivity contribution in [1.29, 1.82) is 0 Å². The molecule has 2 aliphatic rings. The summed E-state index contributed by atoms with van der Waals surface area (Å²) in [5.74, 6) is 0.510. The molecule has 3 aromatic rings. The molecule has 1 saturated heterocycles. The summed E-state index contributed by atoms with van der Waals surface area (Å²) in [5.41, 5.74) is 3.91. The van der Waals surface area contributed by atoms with Crippen molar-refractivity contribution in [2.75, 3.05) is 42.5 Å². The number of carbonyl (C=O) groups is 2. The van der Waals surface area contributed by atoms with E-state index in [1.54, 1.807) is 24.0 Å². The monoisotopic (exact) mass is 500 g/mol. The zero-order valence-corrected chi connectivity index (χ0v) is 21.1. The van der Waals surface area contributed by atoms with Gasteiger partial charge in [0, 0.05) is 44.3 Å². The summed E-state index contributed by atoms with van der Waals surface area (Å²) in [7, 11) is 0. The van der Waals surface area contributed by atoms with Gasteiger partial charge in [-0.05, 0) is 61.4 Å². The number of benzene rings is 3. The molecule has 8 heteroatoms. The number of aliphatic hydroxyl groups excluding tert-OH is 1. The lowest BCUT2D eigenvalue weighted by Gasteiger charge is -2.43. The standard InChI is InChI=1S/C29H32N4O4/c1-20-19-32(29(36)37-25-6-4-3-5-7-25)27-18-24(12-13-26(27)33(20)21(2)34)22-8-10-23(11-9-22)28(35)31-16-14-30-15-17-31/h3-13,18,20-21,30,34H,14-17,19H2,1-2H3/t20-,21?/m0/s1. The number of nitrogens with zero attached hydrogens (tertiary/aromatic N) is 3. The van der Waals surface area contributed by atoms with Crippen LogP contribution in [0.1, 0.15) is 24.2 Å². The Morgan fingerprint density at radius 2 is 1.62 bits per heavy atom. The second-order valence-corrected chi connectivity index (χ2v) is 9.50. The number of hydrogen-bond acceptors (Lipinski definition) is 6. The predicted molar refractivity (Wildman–Crippen MR) is 144 cm³/mol. The highest BCUT2D eigenvalue weighted by Crippen LogP contribution is 2.40. The van der Waals surface area contributed by atoms with Crippen molar-refractivity contribution in [3.8, 4) is 16.9 Å². The van der Waals surface area contributed by atoms with Crippen LogP contribution in [0, 0.1) is 0 Å². The zero-order chi connectivity index (χ0) is 25.9. The predicted octanol–water partition coefficient (Wildman–Crippen LogP) is 3.95. The van der Waals surface area contributed by atoms with Gasteiger partial charge in [-0.1, -0.05) is 36.4 Å². The second-order valence-electron chi connectivity index (χ2n) is 9.50. The number of piperazine rings is 1. The Bertz CT molecular complexity index is 1260. The third kappa shape index (κ3) is 5.16. The SMILES string of the molecule is CC(O)N1c2ccc(-c3ccc(C(=O)N4CCNCC4)cc3)cc2N(C(=O)Oc2ccccc2)C[C@@H]1C. The molecule has 1 fully saturated rings. The summed E-state index contributed by atoms with van der Waals surface area (Å²) in [4.78, 5) is 31.5. The van der Waals surface area contributed by atoms with Gasteiger partial charge in [0.1, 0.15) is 12.0 Å². The average molecular weight is 501 g/mol. The van der Waals surface area contributed by atoms with Crippen molar-refractivity contribution < 1.29 is 19.4 Å². The van der Waals surface area contributed by atoms with Gasteiger partial charge in [0.25, 0.3) is 5.91 Å². The molecule has 0 bridgehead atoms. The lowest BCUT2D eigenvalue weighted by atomic mass is 9.99. The highest BCUT2D eigenvalue weighted by Gasteiger charge is 2.34. The number of nitrogens with one attached hydrogen (secondary N) is 1. The first-order valence-electron chi connectivity index (χ1n) is 12.7. The lowest BCUT2D eigenvalue weighted by molar-refractivity contribution is 0.0736. The van der Waals surface area contributed by atoms with Gasteiger partial charge >= 0.3 is 6.09 Å². The molecule has 2 N–H and O–H groups in total. The Balaban J connectivity index is 1.45. The molecular weight excluding hydrogens is 468 g/mol. The average Bonchev–Trinajstić information content (AvgIpc) is 2.93. The first-order chi connectivity index (χ1) is 17.9. The molecule has 37 heavy (non-hydrogen) atoms. The minimum atomic E-state index is -0.720. The van der Waals surface area contributed by atoms with E-state index in [9.17, 15) is 14.7 Å². The van der Waals surface area contributed by atoms with E-state index in [2.05, 4.69) is 5.32 Å². The lowest BCUT2D eigenvalue weighted by Crippen LogP contribution is -2.53. The number of amides is 2. The molecule has 2 aliphatic heterocycles. The van der Waals surface area contributed by atoms with Crippen LogP contribution in [0.5, 0.6) is 5.75 Å². The number of anilines is 2. The number of fused-ring (bicyclic) bond motifs is 1. The highest BCUT2D eigenvalue weighted by molar-refractivity contribution is 5.97. The molecule has 1 unspecified atom stereocenters. The van der Waals surface area contributed by atoms with Gasteiger partial charge < -0.3 is 25.0 Å². The molecule has 0 saturated carbocycles. The van der Waals surface area contributed by atoms with Crippen LogP contribution in [0.2, 0.25) is 0 Å². The molecule has 192 valence electrons. The van der Waals surface area contributed by atoms with Gasteiger partial charge in [0.05, 0.1) is 11.4 Å². The minimum absolute atomic E-state index is 0.0369. The van der Waals surface area contributed by atoms with E-state index in [1.807, 2.05) is 77.4 Å². The molecule has 0 spiro atoms. The Kier molecular flexibility index (Phi) is 7.12. The molecular formula is C29H32N4O4. The molecule has 3 aromatic carbocycles. The van der Waals surface area contributed by atoms with Gasteiger partial charge in [-0.2, -0.15) is 0 Å². The van der Waals surface area contributed by atoms with Crippen LogP contribution in [0.15, 0.2) is 72.8 Å². The fourth-order valence-corrected chi connectivity index (χ4v) is 5.07. The quantitative estimate of drug-likeness (QED) is 0.564. The number of carbonyl (C=O) groups excluding carboxylic acids is 2. The van der Waals surface area contributed by atoms with Gasteiger partial charge in [0.2, 0.25) is 0 Å². The first-order valence-corrected chi connectivity index (χ1v) is 12.7. The summed E-state index contributed by atoms with van der Waals surface area (Å²) in [6, 6.07) is 22.3. The summed E-state index contributed by atoms with van der Waals surface area (Å²) < 4.78 is 5.66. The van der Waals surface area contributed by atoms with Crippen LogP contribution in [0.3, 0.4) is 0 Å². The minimum Gasteiger partial charge on any atom is -0.410 e. The molecule has 2 amide bonds. The van der Waals surface area contributed by atoms with Crippen LogP contribution in [-0.2, 0) is 0 Å². The molecule has 0 aliphatic carbocycles. The number of hydrogen-bond donors (Lipinski definition) is 2. The molecule has 8 nitrogen and oxygen atoms in total. The van der Waals surface area contributed by atoms with E-state index in [0.29, 0.717) is 36.6 Å². The van der Waals surface area contributed by atoms with Crippen LogP contribution in [0.4, 0.5) is 16.2 Å². The largest absolute Gasteiger partial charge is 0.419 e. The van der Waals surface area contributed by atoms with Crippen LogP contribution >= 0.6 is 0 Å². The van der Waals surface area contributed by atoms with E-state index in [0.717, 1.165) is 29.9 Å². The summed E-state index contributed by atoms with van der Waals surface area (Å²) in [6.45, 7) is 7.09. The molecule has 0 aromatic heterocycles. The molecule has 0 radical (unpaired) electrons. The second kappa shape index (κ2) is 10.6. The van der Waals surface area contributed by atoms with E-state index in [-0.39, 0.29) is 11.9 Å². The Morgan fingerprint density at radius 3 is 2.30 bits per heavy atom. The zero-order valence-electron chi connectivity index (χ0n) is 21.1. The van der Waals surface area contributed by atoms with E-state index in [1.165, 1.54) is 0 Å². The summed E-state index contributed by atoms with van der Waals surface area (Å²) in [5, 5.41) is 13.7. The van der Waals surface area contributed by atoms with Crippen LogP contribution in [-0.4, -0.2) is 67.0 Å². The topological polar surface area (TPSA) is 85.4 Å². The maximum atomic E-state index is 13.2. The van der Waals surface area contributed by atoms with Crippen molar-refractivity contribution in [3.05, 3.63) is 78.4 Å². The van der Waals surface area contributed by atoms with Crippen molar-refractivity contribution in [2.45, 2.75) is 26.1 Å². The van der Waals surface area contributed by atoms with E-state index in [4.69, 9.17) is 4.74 Å². The van der Waals surface area contributed by atoms with E-state index < -0.39 is 12.3 Å². The van der Waals surface area contributed by atoms with Crippen molar-refractivity contribution in [3.63, 3.8) is 0 Å². The Hall–Kier alpha value is -3.88. The fraction of sp³-hybridized carbons (Fsp3) is 0.310. The summed E-state index contributed by atoms with van der Waals surface area (Å²) in [6.07, 6.45) is -1.19. The van der Waals surface area contributed by atoms with Crippen molar-refractivity contribution in [1.82, 2.24) is 10.2 Å². The number of ether oxygens (including phenoxy) is 1. The third-order valence-corrected chi connectivity index (χ3v) is 6.91. The third-order valence-electron chi connectivity index (χ3n) is 6.91. The smallest absolute Gasteiger partial charge is 0.410 e. The fourth-order valence-electron chi connectivity index (χ4n) is 5.07. The molecule has 2 heterocycles. The van der Waals surface area contributed by atoms with Gasteiger partial charge in [-0.15, -0.1) is 0 Å². The number of para-hydroxylation sites is 1. The van der Waals surface area contributed by atoms with Gasteiger partial charge in [-0.25, -0.2) is 4.79 Å². The maximum Gasteiger partial charge on any atom is 0.419 e. The summed E-state index contributed by atoms with van der Waals surface area (Å²) >= 11 is 0. The Labute approximate surface area is 217 Å². The van der Waals surface area contributed by atoms with Crippen molar-refractivity contribution in [2.24, 2.45) is 0 Å². The van der Waals surface area contributed by atoms with Crippen LogP contribution in [0.25, 0.3) is 11.1 Å². The first kappa shape index (κ1) is 24.8. The normalized spacial score (nSPS) is 18.2. The van der Waals surface area contributed by atoms with Gasteiger partial charge in [-0.3, -0.25) is 9.69 Å². The maximum absolute atomic E-state index is 13.2. The molecule has 2 atom stereocenters. The molecule has 5 rings (SSSR count). The Morgan fingerprint density at radius 1 is 0.946 bits per heavy atom. The number of rotatable bonds is 4. The highest BCUT2D eigenvalue weighted by atomic mass is 16.6. The number of aliphatic hydroxyl groups is 1. The van der Waals surface area contributed by atoms with Crippen LogP contribution < -0.4 is 19.9 Å². The van der Waals surface area contributed by atoms with Gasteiger partial charge in [0.15, 0.2) is 0 Å².